The molecule has 12 heavy (non-hydrogen) atoms. The van der Waals surface area contributed by atoms with E-state index in [2.05, 4.69) is 6.92 Å². The van der Waals surface area contributed by atoms with Crippen molar-refractivity contribution in [2.24, 2.45) is 0 Å². The van der Waals surface area contributed by atoms with Gasteiger partial charge in [-0.15, -0.1) is 0 Å². The molecule has 1 rings (SSSR count). The van der Waals surface area contributed by atoms with E-state index in [0.29, 0.717) is 5.84 Å². The van der Waals surface area contributed by atoms with Gasteiger partial charge in [-0.25, -0.2) is 4.79 Å². The Morgan fingerprint density at radius 1 is 1.75 bits per heavy atom. The third-order valence-corrected chi connectivity index (χ3v) is 2.05. The van der Waals surface area contributed by atoms with Gasteiger partial charge < -0.3 is 5.11 Å². The van der Waals surface area contributed by atoms with Gasteiger partial charge in [-0.05, 0) is 6.42 Å². The summed E-state index contributed by atoms with van der Waals surface area (Å²) in [6.07, 6.45) is 0.991. The van der Waals surface area contributed by atoms with Crippen LogP contribution in [0.1, 0.15) is 13.3 Å². The topological polar surface area (TPSA) is 43.5 Å². The molecule has 0 bridgehead atoms. The fraction of sp³-hybridized carbons (Fsp3) is 0.750. The predicted molar refractivity (Wildman–Crippen MR) is 45.6 cm³/mol. The maximum Gasteiger partial charge on any atom is 0.418 e. The fourth-order valence-corrected chi connectivity index (χ4v) is 1.51. The van der Waals surface area contributed by atoms with Crippen LogP contribution in [0.15, 0.2) is 0 Å². The van der Waals surface area contributed by atoms with E-state index in [9.17, 15) is 4.79 Å². The number of amidine groups is 1. The summed E-state index contributed by atoms with van der Waals surface area (Å²) in [6, 6.07) is 0. The van der Waals surface area contributed by atoms with Gasteiger partial charge in [0.2, 0.25) is 0 Å². The molecule has 68 valence electrons. The Morgan fingerprint density at radius 3 is 2.92 bits per heavy atom. The second-order valence-electron chi connectivity index (χ2n) is 3.04. The summed E-state index contributed by atoms with van der Waals surface area (Å²) in [4.78, 5) is 12.7. The molecule has 0 aromatic rings. The normalized spacial score (nSPS) is 17.3. The number of hydrogen-bond donors (Lipinski definition) is 1. The Morgan fingerprint density at radius 2 is 2.42 bits per heavy atom. The lowest BCUT2D eigenvalue weighted by Crippen LogP contribution is -2.36. The van der Waals surface area contributed by atoms with Crippen molar-refractivity contribution in [3.8, 4) is 0 Å². The van der Waals surface area contributed by atoms with Crippen molar-refractivity contribution in [3.05, 3.63) is 0 Å². The van der Waals surface area contributed by atoms with Gasteiger partial charge in [0.25, 0.3) is 0 Å². The molecule has 4 nitrogen and oxygen atoms in total. The number of nitrogens with zero attached hydrogens (tertiary/aromatic N) is 2. The molecule has 0 atom stereocenters. The van der Waals surface area contributed by atoms with Gasteiger partial charge in [-0.2, -0.15) is 0 Å². The average Bonchev–Trinajstić information content (AvgIpc) is 2.32. The van der Waals surface area contributed by atoms with Crippen molar-refractivity contribution < 1.29 is 14.5 Å². The zero-order valence-corrected chi connectivity index (χ0v) is 7.58. The minimum atomic E-state index is -0.816. The highest BCUT2D eigenvalue weighted by Gasteiger charge is 2.33. The monoisotopic (exact) mass is 171 g/mol. The summed E-state index contributed by atoms with van der Waals surface area (Å²) in [5, 5.41) is 8.86. The number of aliphatic carboxylic acids is 1. The third-order valence-electron chi connectivity index (χ3n) is 2.05. The molecule has 0 saturated carbocycles. The average molecular weight is 171 g/mol. The molecule has 4 heteroatoms. The van der Waals surface area contributed by atoms with E-state index < -0.39 is 5.97 Å². The number of carbonyl (C=O) groups is 1. The van der Waals surface area contributed by atoms with E-state index in [-0.39, 0.29) is 0 Å². The highest BCUT2D eigenvalue weighted by atomic mass is 16.4. The summed E-state index contributed by atoms with van der Waals surface area (Å²) in [5.74, 6) is -0.375. The molecular weight excluding hydrogens is 156 g/mol. The van der Waals surface area contributed by atoms with E-state index in [4.69, 9.17) is 5.11 Å². The summed E-state index contributed by atoms with van der Waals surface area (Å²) in [6.45, 7) is 4.55. The lowest BCUT2D eigenvalue weighted by Gasteiger charge is -2.07. The van der Waals surface area contributed by atoms with Crippen LogP contribution in [0.5, 0.6) is 0 Å². The smallest absolute Gasteiger partial charge is 0.418 e. The van der Waals surface area contributed by atoms with E-state index in [1.165, 1.54) is 0 Å². The van der Waals surface area contributed by atoms with Crippen LogP contribution >= 0.6 is 0 Å². The van der Waals surface area contributed by atoms with Gasteiger partial charge in [0.1, 0.15) is 13.1 Å². The number of carboxylic acids is 1. The van der Waals surface area contributed by atoms with Crippen LogP contribution < -0.4 is 0 Å². The first-order valence-corrected chi connectivity index (χ1v) is 4.23. The van der Waals surface area contributed by atoms with Crippen LogP contribution in [0, 0.1) is 0 Å². The van der Waals surface area contributed by atoms with E-state index >= 15 is 0 Å². The molecular formula is C8H15N2O2+. The fourth-order valence-electron chi connectivity index (χ4n) is 1.51. The second kappa shape index (κ2) is 3.56. The molecule has 0 aromatic carbocycles. The van der Waals surface area contributed by atoms with E-state index in [0.717, 1.165) is 26.1 Å². The standard InChI is InChI=1S/C8H14N2O2/c1-3-4-10-6-5-9(2)7(10)8(11)12/h3-6H2,1-2H3/p+1. The molecule has 0 amide bonds. The molecule has 1 aliphatic heterocycles. The van der Waals surface area contributed by atoms with Gasteiger partial charge in [0.05, 0.1) is 13.6 Å². The molecule has 0 radical (unpaired) electrons. The highest BCUT2D eigenvalue weighted by molar-refractivity contribution is 6.32. The number of likely N-dealkylation sites (N-methyl/N-ethyl adjacent to an activating group) is 1. The molecule has 0 unspecified atom stereocenters. The summed E-state index contributed by atoms with van der Waals surface area (Å²) in [7, 11) is 1.82. The largest absolute Gasteiger partial charge is 0.472 e. The lowest BCUT2D eigenvalue weighted by atomic mass is 10.4. The molecule has 0 saturated heterocycles. The Labute approximate surface area is 72.1 Å². The Bertz CT molecular complexity index is 223. The van der Waals surface area contributed by atoms with Crippen molar-refractivity contribution in [1.82, 2.24) is 4.90 Å². The van der Waals surface area contributed by atoms with Gasteiger partial charge in [-0.3, -0.25) is 9.48 Å². The first kappa shape index (κ1) is 9.03. The van der Waals surface area contributed by atoms with Crippen LogP contribution in [0.25, 0.3) is 0 Å². The maximum atomic E-state index is 10.8. The summed E-state index contributed by atoms with van der Waals surface area (Å²) < 4.78 is 1.79. The quantitative estimate of drug-likeness (QED) is 0.600. The SMILES string of the molecule is CCCN1CC[N+](C)=C1C(=O)O. The number of hydrogen-bond acceptors (Lipinski definition) is 2. The van der Waals surface area contributed by atoms with E-state index in [1.807, 2.05) is 11.9 Å². The van der Waals surface area contributed by atoms with Crippen LogP contribution in [0.3, 0.4) is 0 Å². The maximum absolute atomic E-state index is 10.8. The van der Waals surface area contributed by atoms with Crippen LogP contribution in [0.4, 0.5) is 0 Å². The van der Waals surface area contributed by atoms with Crippen molar-refractivity contribution in [3.63, 3.8) is 0 Å². The highest BCUT2D eigenvalue weighted by Crippen LogP contribution is 2.01. The summed E-state index contributed by atoms with van der Waals surface area (Å²) in [5.41, 5.74) is 0. The zero-order valence-electron chi connectivity index (χ0n) is 7.58. The Hall–Kier alpha value is -1.06. The lowest BCUT2D eigenvalue weighted by molar-refractivity contribution is -0.486. The predicted octanol–water partition coefficient (Wildman–Crippen LogP) is -0.163. The van der Waals surface area contributed by atoms with Gasteiger partial charge in [0.15, 0.2) is 0 Å². The van der Waals surface area contributed by atoms with Crippen molar-refractivity contribution in [2.45, 2.75) is 13.3 Å². The third kappa shape index (κ3) is 1.57. The summed E-state index contributed by atoms with van der Waals surface area (Å²) >= 11 is 0. The molecule has 0 aromatic heterocycles. The minimum Gasteiger partial charge on any atom is -0.472 e. The van der Waals surface area contributed by atoms with Crippen LogP contribution in [0.2, 0.25) is 0 Å². The molecule has 0 fully saturated rings. The molecule has 0 spiro atoms. The molecule has 1 aliphatic rings. The van der Waals surface area contributed by atoms with Crippen molar-refractivity contribution in [2.75, 3.05) is 26.7 Å². The van der Waals surface area contributed by atoms with Gasteiger partial charge in [-0.1, -0.05) is 6.92 Å². The van der Waals surface area contributed by atoms with Crippen LogP contribution in [-0.4, -0.2) is 53.1 Å². The second-order valence-corrected chi connectivity index (χ2v) is 3.04. The van der Waals surface area contributed by atoms with Crippen LogP contribution in [-0.2, 0) is 4.79 Å². The van der Waals surface area contributed by atoms with Crippen molar-refractivity contribution in [1.29, 1.82) is 0 Å². The Balaban J connectivity index is 2.74. The van der Waals surface area contributed by atoms with Gasteiger partial charge >= 0.3 is 11.8 Å². The molecule has 1 N–H and O–H groups in total. The molecule has 0 aliphatic carbocycles. The van der Waals surface area contributed by atoms with Gasteiger partial charge in [0, 0.05) is 0 Å². The number of rotatable bonds is 3. The first-order chi connectivity index (χ1) is 5.66. The molecule has 1 heterocycles. The first-order valence-electron chi connectivity index (χ1n) is 4.23. The van der Waals surface area contributed by atoms with E-state index in [1.54, 1.807) is 4.58 Å². The Kier molecular flexibility index (Phi) is 2.68. The van der Waals surface area contributed by atoms with Crippen molar-refractivity contribution >= 4 is 11.8 Å². The zero-order chi connectivity index (χ0) is 9.14. The number of carboxylic acid groups (broad SMARTS) is 1. The minimum absolute atomic E-state index is 0.442.